The summed E-state index contributed by atoms with van der Waals surface area (Å²) in [5, 5.41) is 4.57. The first-order valence-corrected chi connectivity index (χ1v) is 6.38. The summed E-state index contributed by atoms with van der Waals surface area (Å²) in [4.78, 5) is 12.2. The predicted octanol–water partition coefficient (Wildman–Crippen LogP) is 3.37. The summed E-state index contributed by atoms with van der Waals surface area (Å²) in [5.74, 6) is 0.0113. The van der Waals surface area contributed by atoms with Crippen molar-refractivity contribution in [3.05, 3.63) is 52.8 Å². The molecule has 0 saturated heterocycles. The fraction of sp³-hybridized carbons (Fsp3) is 0.286. The topological polar surface area (TPSA) is 34.9 Å². The van der Waals surface area contributed by atoms with Crippen LogP contribution in [0, 0.1) is 0 Å². The molecule has 0 radical (unpaired) electrons. The SMILES string of the molecule is CCCn1ncc(Cl)c1C(=O)Cc1ccccc1. The van der Waals surface area contributed by atoms with E-state index in [0.29, 0.717) is 23.7 Å². The third-order valence-electron chi connectivity index (χ3n) is 2.70. The van der Waals surface area contributed by atoms with Crippen molar-refractivity contribution < 1.29 is 4.79 Å². The van der Waals surface area contributed by atoms with Gasteiger partial charge in [-0.3, -0.25) is 9.48 Å². The molecule has 0 aliphatic heterocycles. The van der Waals surface area contributed by atoms with Crippen LogP contribution in [-0.4, -0.2) is 15.6 Å². The second-order valence-corrected chi connectivity index (χ2v) is 4.56. The van der Waals surface area contributed by atoms with Crippen LogP contribution in [0.5, 0.6) is 0 Å². The van der Waals surface area contributed by atoms with Gasteiger partial charge in [-0.1, -0.05) is 48.9 Å². The minimum atomic E-state index is 0.0113. The molecule has 0 fully saturated rings. The first-order valence-electron chi connectivity index (χ1n) is 6.00. The first kappa shape index (κ1) is 12.8. The number of Topliss-reactive ketones (excluding diaryl/α,β-unsaturated/α-hetero) is 1. The number of nitrogens with zero attached hydrogens (tertiary/aromatic N) is 2. The van der Waals surface area contributed by atoms with Gasteiger partial charge in [0.05, 0.1) is 11.2 Å². The maximum atomic E-state index is 12.2. The molecule has 0 spiro atoms. The number of hydrogen-bond acceptors (Lipinski definition) is 2. The molecule has 2 aromatic rings. The molecule has 0 amide bonds. The Kier molecular flexibility index (Phi) is 4.15. The van der Waals surface area contributed by atoms with Crippen molar-refractivity contribution in [3.63, 3.8) is 0 Å². The number of aryl methyl sites for hydroxylation is 1. The number of halogens is 1. The highest BCUT2D eigenvalue weighted by molar-refractivity contribution is 6.33. The van der Waals surface area contributed by atoms with Crippen molar-refractivity contribution in [2.45, 2.75) is 26.3 Å². The van der Waals surface area contributed by atoms with Crippen molar-refractivity contribution in [2.75, 3.05) is 0 Å². The molecule has 2 rings (SSSR count). The van der Waals surface area contributed by atoms with Gasteiger partial charge in [-0.05, 0) is 12.0 Å². The normalized spacial score (nSPS) is 10.6. The average molecular weight is 263 g/mol. The van der Waals surface area contributed by atoms with Gasteiger partial charge < -0.3 is 0 Å². The molecular formula is C14H15ClN2O. The first-order chi connectivity index (χ1) is 8.72. The van der Waals surface area contributed by atoms with Crippen molar-refractivity contribution in [1.29, 1.82) is 0 Å². The zero-order chi connectivity index (χ0) is 13.0. The number of aromatic nitrogens is 2. The number of hydrogen-bond donors (Lipinski definition) is 0. The van der Waals surface area contributed by atoms with Crippen LogP contribution >= 0.6 is 11.6 Å². The van der Waals surface area contributed by atoms with Crippen LogP contribution in [0.1, 0.15) is 29.4 Å². The fourth-order valence-electron chi connectivity index (χ4n) is 1.89. The van der Waals surface area contributed by atoms with Crippen molar-refractivity contribution >= 4 is 17.4 Å². The molecular weight excluding hydrogens is 248 g/mol. The van der Waals surface area contributed by atoms with E-state index in [4.69, 9.17) is 11.6 Å². The van der Waals surface area contributed by atoms with Gasteiger partial charge in [0.1, 0.15) is 5.69 Å². The molecule has 18 heavy (non-hydrogen) atoms. The quantitative estimate of drug-likeness (QED) is 0.775. The van der Waals surface area contributed by atoms with E-state index in [1.54, 1.807) is 4.68 Å². The van der Waals surface area contributed by atoms with E-state index >= 15 is 0 Å². The van der Waals surface area contributed by atoms with Gasteiger partial charge in [0.25, 0.3) is 0 Å². The van der Waals surface area contributed by atoms with E-state index in [9.17, 15) is 4.79 Å². The molecule has 4 heteroatoms. The zero-order valence-corrected chi connectivity index (χ0v) is 11.0. The molecule has 0 bridgehead atoms. The Labute approximate surface area is 111 Å². The average Bonchev–Trinajstić information content (AvgIpc) is 2.72. The Morgan fingerprint density at radius 3 is 2.72 bits per heavy atom. The van der Waals surface area contributed by atoms with Crippen LogP contribution in [-0.2, 0) is 13.0 Å². The third-order valence-corrected chi connectivity index (χ3v) is 2.98. The molecule has 0 N–H and O–H groups in total. The monoisotopic (exact) mass is 262 g/mol. The molecule has 3 nitrogen and oxygen atoms in total. The molecule has 0 aliphatic carbocycles. The number of rotatable bonds is 5. The molecule has 1 aromatic carbocycles. The van der Waals surface area contributed by atoms with Gasteiger partial charge in [-0.2, -0.15) is 5.10 Å². The van der Waals surface area contributed by atoms with Crippen molar-refractivity contribution in [3.8, 4) is 0 Å². The van der Waals surface area contributed by atoms with Gasteiger partial charge in [0.15, 0.2) is 5.78 Å². The van der Waals surface area contributed by atoms with E-state index in [1.165, 1.54) is 6.20 Å². The Hall–Kier alpha value is -1.61. The number of carbonyl (C=O) groups excluding carboxylic acids is 1. The van der Waals surface area contributed by atoms with E-state index in [2.05, 4.69) is 5.10 Å². The van der Waals surface area contributed by atoms with Crippen LogP contribution in [0.25, 0.3) is 0 Å². The molecule has 94 valence electrons. The lowest BCUT2D eigenvalue weighted by Gasteiger charge is -2.06. The number of carbonyl (C=O) groups is 1. The maximum absolute atomic E-state index is 12.2. The lowest BCUT2D eigenvalue weighted by Crippen LogP contribution is -2.13. The number of benzene rings is 1. The Morgan fingerprint density at radius 1 is 1.33 bits per heavy atom. The summed E-state index contributed by atoms with van der Waals surface area (Å²) in [7, 11) is 0. The summed E-state index contributed by atoms with van der Waals surface area (Å²) in [6.45, 7) is 2.75. The van der Waals surface area contributed by atoms with Crippen molar-refractivity contribution in [1.82, 2.24) is 9.78 Å². The van der Waals surface area contributed by atoms with Crippen LogP contribution in [0.15, 0.2) is 36.5 Å². The van der Waals surface area contributed by atoms with Crippen LogP contribution in [0.3, 0.4) is 0 Å². The van der Waals surface area contributed by atoms with Gasteiger partial charge in [0, 0.05) is 13.0 Å². The van der Waals surface area contributed by atoms with E-state index in [1.807, 2.05) is 37.3 Å². The molecule has 0 unspecified atom stereocenters. The van der Waals surface area contributed by atoms with Crippen LogP contribution in [0.4, 0.5) is 0 Å². The minimum absolute atomic E-state index is 0.0113. The lowest BCUT2D eigenvalue weighted by molar-refractivity contribution is 0.0982. The molecule has 1 aromatic heterocycles. The summed E-state index contributed by atoms with van der Waals surface area (Å²) < 4.78 is 1.69. The van der Waals surface area contributed by atoms with Crippen LogP contribution in [0.2, 0.25) is 5.02 Å². The maximum Gasteiger partial charge on any atom is 0.186 e. The largest absolute Gasteiger partial charge is 0.292 e. The minimum Gasteiger partial charge on any atom is -0.292 e. The van der Waals surface area contributed by atoms with Gasteiger partial charge in [-0.15, -0.1) is 0 Å². The number of ketones is 1. The predicted molar refractivity (Wildman–Crippen MR) is 72.0 cm³/mol. The highest BCUT2D eigenvalue weighted by Gasteiger charge is 2.17. The van der Waals surface area contributed by atoms with Crippen molar-refractivity contribution in [2.24, 2.45) is 0 Å². The molecule has 1 heterocycles. The smallest absolute Gasteiger partial charge is 0.186 e. The van der Waals surface area contributed by atoms with Gasteiger partial charge in [-0.25, -0.2) is 0 Å². The second-order valence-electron chi connectivity index (χ2n) is 4.15. The highest BCUT2D eigenvalue weighted by Crippen LogP contribution is 2.18. The van der Waals surface area contributed by atoms with Gasteiger partial charge >= 0.3 is 0 Å². The Balaban J connectivity index is 2.21. The second kappa shape index (κ2) is 5.83. The Morgan fingerprint density at radius 2 is 2.06 bits per heavy atom. The third kappa shape index (κ3) is 2.79. The Bertz CT molecular complexity index is 534. The van der Waals surface area contributed by atoms with Crippen LogP contribution < -0.4 is 0 Å². The zero-order valence-electron chi connectivity index (χ0n) is 10.3. The summed E-state index contributed by atoms with van der Waals surface area (Å²) in [6.07, 6.45) is 2.81. The standard InChI is InChI=1S/C14H15ClN2O/c1-2-8-17-14(12(15)10-16-17)13(18)9-11-6-4-3-5-7-11/h3-7,10H,2,8-9H2,1H3. The highest BCUT2D eigenvalue weighted by atomic mass is 35.5. The van der Waals surface area contributed by atoms with E-state index in [-0.39, 0.29) is 5.78 Å². The van der Waals surface area contributed by atoms with E-state index < -0.39 is 0 Å². The molecule has 0 saturated carbocycles. The molecule has 0 aliphatic rings. The fourth-order valence-corrected chi connectivity index (χ4v) is 2.13. The molecule has 0 atom stereocenters. The lowest BCUT2D eigenvalue weighted by atomic mass is 10.1. The summed E-state index contributed by atoms with van der Waals surface area (Å²) in [6, 6.07) is 9.65. The summed E-state index contributed by atoms with van der Waals surface area (Å²) in [5.41, 5.74) is 1.50. The van der Waals surface area contributed by atoms with Gasteiger partial charge in [0.2, 0.25) is 0 Å². The van der Waals surface area contributed by atoms with E-state index in [0.717, 1.165) is 12.0 Å². The summed E-state index contributed by atoms with van der Waals surface area (Å²) >= 11 is 6.04.